The van der Waals surface area contributed by atoms with Crippen molar-refractivity contribution in [1.29, 1.82) is 0 Å². The fraction of sp³-hybridized carbons (Fsp3) is 0.0588. The molecule has 0 aromatic heterocycles. The van der Waals surface area contributed by atoms with Gasteiger partial charge >= 0.3 is 12.6 Å². The van der Waals surface area contributed by atoms with Gasteiger partial charge < -0.3 is 9.47 Å². The monoisotopic (exact) mass is 333 g/mol. The Balaban J connectivity index is 1.85. The third-order valence-corrected chi connectivity index (χ3v) is 3.13. The summed E-state index contributed by atoms with van der Waals surface area (Å²) in [7, 11) is 0. The minimum Gasteiger partial charge on any atom is -0.435 e. The van der Waals surface area contributed by atoms with E-state index in [-0.39, 0.29) is 22.9 Å². The van der Waals surface area contributed by atoms with Crippen LogP contribution in [0, 0.1) is 5.82 Å². The van der Waals surface area contributed by atoms with Gasteiger partial charge in [-0.1, -0.05) is 24.3 Å². The summed E-state index contributed by atoms with van der Waals surface area (Å²) in [5, 5.41) is 0. The molecule has 0 radical (unpaired) electrons. The fourth-order valence-corrected chi connectivity index (χ4v) is 2.06. The van der Waals surface area contributed by atoms with Gasteiger partial charge in [0, 0.05) is 0 Å². The quantitative estimate of drug-likeness (QED) is 0.632. The first-order chi connectivity index (χ1) is 11.5. The fourth-order valence-electron chi connectivity index (χ4n) is 2.06. The minimum absolute atomic E-state index is 0.00306. The van der Waals surface area contributed by atoms with E-state index in [2.05, 4.69) is 9.73 Å². The van der Waals surface area contributed by atoms with Crippen LogP contribution in [0.2, 0.25) is 0 Å². The van der Waals surface area contributed by atoms with E-state index in [4.69, 9.17) is 4.74 Å². The number of ether oxygens (including phenoxy) is 2. The first-order valence-electron chi connectivity index (χ1n) is 6.85. The lowest BCUT2D eigenvalue weighted by Gasteiger charge is -2.03. The second-order valence-electron chi connectivity index (χ2n) is 4.76. The highest BCUT2D eigenvalue weighted by Crippen LogP contribution is 2.22. The molecule has 0 saturated heterocycles. The average Bonchev–Trinajstić information content (AvgIpc) is 2.90. The number of carbonyl (C=O) groups excluding carboxylic acids is 1. The summed E-state index contributed by atoms with van der Waals surface area (Å²) in [4.78, 5) is 15.8. The molecule has 4 nitrogen and oxygen atoms in total. The molecule has 0 atom stereocenters. The number of cyclic esters (lactones) is 1. The predicted molar refractivity (Wildman–Crippen MR) is 80.1 cm³/mol. The van der Waals surface area contributed by atoms with Crippen molar-refractivity contribution in [2.24, 2.45) is 4.99 Å². The molecule has 0 aliphatic carbocycles. The Morgan fingerprint density at radius 2 is 1.79 bits per heavy atom. The lowest BCUT2D eigenvalue weighted by molar-refractivity contribution is -0.129. The summed E-state index contributed by atoms with van der Waals surface area (Å²) in [6, 6.07) is 11.4. The van der Waals surface area contributed by atoms with E-state index < -0.39 is 18.4 Å². The number of alkyl halides is 2. The molecule has 0 amide bonds. The van der Waals surface area contributed by atoms with Crippen LogP contribution in [0.1, 0.15) is 11.1 Å². The number of carbonyl (C=O) groups is 1. The van der Waals surface area contributed by atoms with Crippen molar-refractivity contribution in [1.82, 2.24) is 0 Å². The highest BCUT2D eigenvalue weighted by atomic mass is 19.3. The smallest absolute Gasteiger partial charge is 0.387 e. The van der Waals surface area contributed by atoms with Crippen LogP contribution in [0.5, 0.6) is 5.75 Å². The van der Waals surface area contributed by atoms with Crippen molar-refractivity contribution < 1.29 is 27.4 Å². The van der Waals surface area contributed by atoms with Crippen LogP contribution in [-0.4, -0.2) is 18.5 Å². The maximum atomic E-state index is 13.7. The van der Waals surface area contributed by atoms with E-state index >= 15 is 0 Å². The van der Waals surface area contributed by atoms with Crippen molar-refractivity contribution >= 4 is 17.9 Å². The van der Waals surface area contributed by atoms with Gasteiger partial charge in [-0.15, -0.1) is 0 Å². The molecule has 0 saturated carbocycles. The van der Waals surface area contributed by atoms with Gasteiger partial charge in [-0.2, -0.15) is 8.78 Å². The Morgan fingerprint density at radius 1 is 1.08 bits per heavy atom. The van der Waals surface area contributed by atoms with Gasteiger partial charge in [0.05, 0.1) is 5.56 Å². The maximum absolute atomic E-state index is 13.7. The molecule has 122 valence electrons. The zero-order chi connectivity index (χ0) is 17.1. The minimum atomic E-state index is -2.91. The second kappa shape index (κ2) is 6.57. The van der Waals surface area contributed by atoms with Crippen molar-refractivity contribution in [3.63, 3.8) is 0 Å². The Morgan fingerprint density at radius 3 is 2.46 bits per heavy atom. The van der Waals surface area contributed by atoms with Crippen LogP contribution >= 0.6 is 0 Å². The summed E-state index contributed by atoms with van der Waals surface area (Å²) < 4.78 is 47.1. The van der Waals surface area contributed by atoms with Crippen molar-refractivity contribution in [2.45, 2.75) is 6.61 Å². The lowest BCUT2D eigenvalue weighted by atomic mass is 10.2. The number of hydrogen-bond acceptors (Lipinski definition) is 4. The highest BCUT2D eigenvalue weighted by molar-refractivity contribution is 6.12. The molecule has 0 bridgehead atoms. The van der Waals surface area contributed by atoms with E-state index in [9.17, 15) is 18.0 Å². The first-order valence-corrected chi connectivity index (χ1v) is 6.85. The van der Waals surface area contributed by atoms with Crippen LogP contribution in [0.25, 0.3) is 6.08 Å². The zero-order valence-corrected chi connectivity index (χ0v) is 12.1. The summed E-state index contributed by atoms with van der Waals surface area (Å²) in [6.45, 7) is -2.91. The lowest BCUT2D eigenvalue weighted by Crippen LogP contribution is -2.07. The van der Waals surface area contributed by atoms with Gasteiger partial charge in [-0.3, -0.25) is 0 Å². The van der Waals surface area contributed by atoms with Gasteiger partial charge in [-0.25, -0.2) is 14.2 Å². The van der Waals surface area contributed by atoms with Gasteiger partial charge in [0.25, 0.3) is 0 Å². The third kappa shape index (κ3) is 3.45. The summed E-state index contributed by atoms with van der Waals surface area (Å²) in [6.07, 6.45) is 1.41. The number of esters is 1. The Hall–Kier alpha value is -3.09. The van der Waals surface area contributed by atoms with E-state index in [0.29, 0.717) is 5.56 Å². The van der Waals surface area contributed by atoms with Crippen LogP contribution in [0.4, 0.5) is 13.2 Å². The number of hydrogen-bond donors (Lipinski definition) is 0. The van der Waals surface area contributed by atoms with E-state index in [1.807, 2.05) is 0 Å². The van der Waals surface area contributed by atoms with E-state index in [1.165, 1.54) is 48.5 Å². The molecular formula is C17H10F3NO3. The molecule has 1 aliphatic rings. The Labute approximate surface area is 134 Å². The van der Waals surface area contributed by atoms with E-state index in [0.717, 1.165) is 0 Å². The summed E-state index contributed by atoms with van der Waals surface area (Å²) in [5.74, 6) is -1.40. The van der Waals surface area contributed by atoms with Gasteiger partial charge in [0.15, 0.2) is 5.70 Å². The Bertz CT molecular complexity index is 829. The number of benzene rings is 2. The number of aliphatic imine (C=N–C) groups is 1. The topological polar surface area (TPSA) is 47.9 Å². The molecular weight excluding hydrogens is 323 g/mol. The van der Waals surface area contributed by atoms with Crippen molar-refractivity contribution in [3.05, 3.63) is 71.2 Å². The van der Waals surface area contributed by atoms with Gasteiger partial charge in [0.2, 0.25) is 5.90 Å². The van der Waals surface area contributed by atoms with Crippen molar-refractivity contribution in [3.8, 4) is 5.75 Å². The second-order valence-corrected chi connectivity index (χ2v) is 4.76. The average molecular weight is 333 g/mol. The normalized spacial score (nSPS) is 15.6. The third-order valence-electron chi connectivity index (χ3n) is 3.13. The highest BCUT2D eigenvalue weighted by Gasteiger charge is 2.25. The summed E-state index contributed by atoms with van der Waals surface area (Å²) in [5.41, 5.74) is 0.591. The number of rotatable bonds is 4. The molecule has 0 N–H and O–H groups in total. The molecule has 0 unspecified atom stereocenters. The molecule has 7 heteroatoms. The number of halogens is 3. The largest absolute Gasteiger partial charge is 0.435 e. The SMILES string of the molecule is O=C1OC(c2ccccc2F)=NC1=Cc1ccc(OC(F)F)cc1. The standard InChI is InChI=1S/C17H10F3NO3/c18-13-4-2-1-3-12(13)15-21-14(16(22)24-15)9-10-5-7-11(8-6-10)23-17(19)20/h1-9,17H. The van der Waals surface area contributed by atoms with Gasteiger partial charge in [0.1, 0.15) is 11.6 Å². The Kier molecular flexibility index (Phi) is 4.33. The van der Waals surface area contributed by atoms with Crippen LogP contribution in [-0.2, 0) is 9.53 Å². The predicted octanol–water partition coefficient (Wildman–Crippen LogP) is 3.77. The molecule has 1 aliphatic heterocycles. The molecule has 0 spiro atoms. The van der Waals surface area contributed by atoms with Crippen LogP contribution < -0.4 is 4.74 Å². The first kappa shape index (κ1) is 15.8. The maximum Gasteiger partial charge on any atom is 0.387 e. The molecule has 0 fully saturated rings. The molecule has 24 heavy (non-hydrogen) atoms. The molecule has 2 aromatic carbocycles. The summed E-state index contributed by atoms with van der Waals surface area (Å²) >= 11 is 0. The molecule has 2 aromatic rings. The molecule has 3 rings (SSSR count). The van der Waals surface area contributed by atoms with E-state index in [1.54, 1.807) is 6.07 Å². The molecule has 1 heterocycles. The van der Waals surface area contributed by atoms with Crippen molar-refractivity contribution in [2.75, 3.05) is 0 Å². The number of nitrogens with zero attached hydrogens (tertiary/aromatic N) is 1. The van der Waals surface area contributed by atoms with Gasteiger partial charge in [-0.05, 0) is 35.9 Å². The van der Waals surface area contributed by atoms with Crippen LogP contribution in [0.15, 0.2) is 59.2 Å². The van der Waals surface area contributed by atoms with Crippen LogP contribution in [0.3, 0.4) is 0 Å². The zero-order valence-electron chi connectivity index (χ0n) is 12.1.